The molecule has 0 aliphatic carbocycles. The lowest BCUT2D eigenvalue weighted by Crippen LogP contribution is -2.54. The average Bonchev–Trinajstić information content (AvgIpc) is 2.77. The van der Waals surface area contributed by atoms with Crippen molar-refractivity contribution in [3.8, 4) is 0 Å². The zero-order chi connectivity index (χ0) is 25.2. The van der Waals surface area contributed by atoms with Crippen LogP contribution in [0.15, 0.2) is 18.2 Å². The first-order valence-corrected chi connectivity index (χ1v) is 13.0. The van der Waals surface area contributed by atoms with E-state index in [-0.39, 0.29) is 24.2 Å². The molecule has 3 unspecified atom stereocenters. The number of ether oxygens (including phenoxy) is 2. The Kier molecular flexibility index (Phi) is 8.03. The molecule has 192 valence electrons. The molecule has 0 radical (unpaired) electrons. The van der Waals surface area contributed by atoms with Crippen molar-refractivity contribution in [2.75, 3.05) is 31.6 Å². The molecule has 1 amide bonds. The van der Waals surface area contributed by atoms with Gasteiger partial charge in [0.05, 0.1) is 24.4 Å². The highest BCUT2D eigenvalue weighted by Crippen LogP contribution is 2.31. The highest BCUT2D eigenvalue weighted by atomic mass is 35.5. The predicted octanol–water partition coefficient (Wildman–Crippen LogP) is 5.09. The summed E-state index contributed by atoms with van der Waals surface area (Å²) in [5, 5.41) is 5.00. The summed E-state index contributed by atoms with van der Waals surface area (Å²) in [4.78, 5) is 26.6. The number of fused-ring (bicyclic) bond motifs is 1. The van der Waals surface area contributed by atoms with Crippen LogP contribution in [0.5, 0.6) is 0 Å². The molecule has 4 heterocycles. The minimum Gasteiger partial charge on any atom is -0.444 e. The highest BCUT2D eigenvalue weighted by Gasteiger charge is 2.38. The summed E-state index contributed by atoms with van der Waals surface area (Å²) in [6.07, 6.45) is 2.24. The van der Waals surface area contributed by atoms with E-state index in [2.05, 4.69) is 41.2 Å². The third-order valence-electron chi connectivity index (χ3n) is 6.67. The smallest absolute Gasteiger partial charge is 0.410 e. The molecule has 0 aromatic carbocycles. The first-order valence-electron chi connectivity index (χ1n) is 12.7. The van der Waals surface area contributed by atoms with Crippen molar-refractivity contribution in [3.63, 3.8) is 0 Å². The Morgan fingerprint density at radius 3 is 2.66 bits per heavy atom. The molecule has 35 heavy (non-hydrogen) atoms. The summed E-state index contributed by atoms with van der Waals surface area (Å²) in [5.41, 5.74) is 1.34. The number of carbonyl (C=O) groups is 1. The molecule has 2 aromatic rings. The van der Waals surface area contributed by atoms with Crippen molar-refractivity contribution < 1.29 is 14.3 Å². The Balaban J connectivity index is 1.50. The monoisotopic (exact) mass is 503 g/mol. The number of pyridine rings is 2. The van der Waals surface area contributed by atoms with E-state index in [1.807, 2.05) is 31.7 Å². The SMILES string of the molecule is CCC1CC(Nc2nc(Cl)cc3nc(CN4CCOCC4)ccc23)CC(C)N1C(=O)OC(C)(C)C. The van der Waals surface area contributed by atoms with Gasteiger partial charge in [0.25, 0.3) is 0 Å². The first kappa shape index (κ1) is 25.9. The van der Waals surface area contributed by atoms with Gasteiger partial charge in [-0.05, 0) is 59.1 Å². The number of rotatable bonds is 5. The Morgan fingerprint density at radius 1 is 1.23 bits per heavy atom. The average molecular weight is 504 g/mol. The van der Waals surface area contributed by atoms with Crippen LogP contribution < -0.4 is 5.32 Å². The van der Waals surface area contributed by atoms with Gasteiger partial charge in [0.2, 0.25) is 0 Å². The molecule has 2 aliphatic rings. The first-order chi connectivity index (χ1) is 16.6. The topological polar surface area (TPSA) is 79.8 Å². The van der Waals surface area contributed by atoms with Crippen molar-refractivity contribution in [2.45, 2.75) is 84.2 Å². The summed E-state index contributed by atoms with van der Waals surface area (Å²) in [7, 11) is 0. The van der Waals surface area contributed by atoms with Crippen LogP contribution in [0.2, 0.25) is 5.15 Å². The number of halogens is 1. The van der Waals surface area contributed by atoms with E-state index in [0.717, 1.165) is 74.5 Å². The third-order valence-corrected chi connectivity index (χ3v) is 6.86. The summed E-state index contributed by atoms with van der Waals surface area (Å²) < 4.78 is 11.1. The summed E-state index contributed by atoms with van der Waals surface area (Å²) >= 11 is 6.41. The number of hydrogen-bond acceptors (Lipinski definition) is 7. The number of nitrogens with zero attached hydrogens (tertiary/aromatic N) is 4. The van der Waals surface area contributed by atoms with Crippen molar-refractivity contribution in [1.82, 2.24) is 19.8 Å². The largest absolute Gasteiger partial charge is 0.444 e. The highest BCUT2D eigenvalue weighted by molar-refractivity contribution is 6.30. The molecule has 2 fully saturated rings. The van der Waals surface area contributed by atoms with Crippen LogP contribution in [0.4, 0.5) is 10.6 Å². The Bertz CT molecular complexity index is 1040. The predicted molar refractivity (Wildman–Crippen MR) is 139 cm³/mol. The maximum Gasteiger partial charge on any atom is 0.410 e. The molecule has 8 nitrogen and oxygen atoms in total. The number of likely N-dealkylation sites (tertiary alicyclic amines) is 1. The zero-order valence-corrected chi connectivity index (χ0v) is 22.3. The standard InChI is InChI=1S/C26H38ClN5O3/c1-6-20-14-19(13-17(2)32(20)25(33)35-26(3,4)5)29-24-21-8-7-18(16-31-9-11-34-12-10-31)28-22(21)15-23(27)30-24/h7-8,15,17,19-20H,6,9-14,16H2,1-5H3,(H,29,30). The van der Waals surface area contributed by atoms with Gasteiger partial charge in [-0.1, -0.05) is 18.5 Å². The van der Waals surface area contributed by atoms with E-state index in [1.165, 1.54) is 0 Å². The van der Waals surface area contributed by atoms with Gasteiger partial charge in [-0.3, -0.25) is 9.88 Å². The van der Waals surface area contributed by atoms with Crippen LogP contribution in [0, 0.1) is 0 Å². The van der Waals surface area contributed by atoms with Gasteiger partial charge in [0, 0.05) is 49.2 Å². The molecule has 1 N–H and O–H groups in total. The van der Waals surface area contributed by atoms with Gasteiger partial charge < -0.3 is 19.7 Å². The normalized spacial score (nSPS) is 23.9. The van der Waals surface area contributed by atoms with Gasteiger partial charge in [0.15, 0.2) is 0 Å². The van der Waals surface area contributed by atoms with Gasteiger partial charge in [-0.15, -0.1) is 0 Å². The van der Waals surface area contributed by atoms with Gasteiger partial charge >= 0.3 is 6.09 Å². The number of anilines is 1. The van der Waals surface area contributed by atoms with E-state index in [0.29, 0.717) is 5.15 Å². The van der Waals surface area contributed by atoms with E-state index in [9.17, 15) is 4.79 Å². The van der Waals surface area contributed by atoms with E-state index < -0.39 is 5.60 Å². The number of aromatic nitrogens is 2. The molecule has 2 saturated heterocycles. The van der Waals surface area contributed by atoms with Gasteiger partial charge in [-0.25, -0.2) is 9.78 Å². The summed E-state index contributed by atoms with van der Waals surface area (Å²) in [5.74, 6) is 0.746. The minimum atomic E-state index is -0.512. The maximum absolute atomic E-state index is 12.9. The fourth-order valence-corrected chi connectivity index (χ4v) is 5.26. The molecular formula is C26H38ClN5O3. The minimum absolute atomic E-state index is 0.0461. The van der Waals surface area contributed by atoms with Crippen LogP contribution in [0.1, 0.15) is 59.6 Å². The molecule has 2 aliphatic heterocycles. The van der Waals surface area contributed by atoms with E-state index >= 15 is 0 Å². The van der Waals surface area contributed by atoms with Crippen LogP contribution in [-0.2, 0) is 16.0 Å². The molecule has 0 spiro atoms. The zero-order valence-electron chi connectivity index (χ0n) is 21.5. The second-order valence-corrected chi connectivity index (χ2v) is 11.1. The molecule has 4 rings (SSSR count). The Morgan fingerprint density at radius 2 is 1.97 bits per heavy atom. The second kappa shape index (κ2) is 10.8. The number of piperidine rings is 1. The lowest BCUT2D eigenvalue weighted by atomic mass is 9.90. The third kappa shape index (κ3) is 6.54. The molecular weight excluding hydrogens is 466 g/mol. The van der Waals surface area contributed by atoms with Gasteiger partial charge in [-0.2, -0.15) is 0 Å². The fourth-order valence-electron chi connectivity index (χ4n) is 5.07. The van der Waals surface area contributed by atoms with E-state index in [1.54, 1.807) is 0 Å². The van der Waals surface area contributed by atoms with Crippen molar-refractivity contribution in [3.05, 3.63) is 29.0 Å². The van der Waals surface area contributed by atoms with E-state index in [4.69, 9.17) is 26.1 Å². The number of morpholine rings is 1. The quantitative estimate of drug-likeness (QED) is 0.569. The number of nitrogens with one attached hydrogen (secondary N) is 1. The Labute approximate surface area is 213 Å². The van der Waals surface area contributed by atoms with Crippen LogP contribution >= 0.6 is 11.6 Å². The van der Waals surface area contributed by atoms with Crippen LogP contribution in [0.3, 0.4) is 0 Å². The van der Waals surface area contributed by atoms with Crippen LogP contribution in [0.25, 0.3) is 10.9 Å². The number of carbonyl (C=O) groups excluding carboxylic acids is 1. The number of hydrogen-bond donors (Lipinski definition) is 1. The molecule has 9 heteroatoms. The van der Waals surface area contributed by atoms with Crippen molar-refractivity contribution in [2.24, 2.45) is 0 Å². The van der Waals surface area contributed by atoms with Gasteiger partial charge in [0.1, 0.15) is 16.6 Å². The molecule has 3 atom stereocenters. The lowest BCUT2D eigenvalue weighted by molar-refractivity contribution is -0.00463. The maximum atomic E-state index is 12.9. The fraction of sp³-hybridized carbons (Fsp3) is 0.654. The molecule has 0 bridgehead atoms. The van der Waals surface area contributed by atoms with Crippen molar-refractivity contribution >= 4 is 34.4 Å². The summed E-state index contributed by atoms with van der Waals surface area (Å²) in [6, 6.07) is 6.28. The number of amides is 1. The summed E-state index contributed by atoms with van der Waals surface area (Å²) in [6.45, 7) is 14.1. The second-order valence-electron chi connectivity index (χ2n) is 10.7. The Hall–Kier alpha value is -2.16. The van der Waals surface area contributed by atoms with Crippen molar-refractivity contribution in [1.29, 1.82) is 0 Å². The lowest BCUT2D eigenvalue weighted by Gasteiger charge is -2.44. The molecule has 0 saturated carbocycles. The molecule has 2 aromatic heterocycles. The van der Waals surface area contributed by atoms with Crippen LogP contribution in [-0.4, -0.2) is 75.9 Å².